The van der Waals surface area contributed by atoms with Crippen LogP contribution in [0.15, 0.2) is 41.3 Å². The molecule has 2 aromatic carbocycles. The van der Waals surface area contributed by atoms with E-state index >= 15 is 0 Å². The molecule has 26 heavy (non-hydrogen) atoms. The largest absolute Gasteiger partial charge is 0.496 e. The molecule has 8 heteroatoms. The number of ether oxygens (including phenoxy) is 2. The Bertz CT molecular complexity index is 925. The van der Waals surface area contributed by atoms with Crippen LogP contribution in [0, 0.1) is 6.92 Å². The lowest BCUT2D eigenvalue weighted by Gasteiger charge is -2.14. The molecule has 0 N–H and O–H groups in total. The van der Waals surface area contributed by atoms with E-state index in [9.17, 15) is 13.2 Å². The molecule has 0 aliphatic carbocycles. The molecule has 2 aromatic rings. The van der Waals surface area contributed by atoms with Crippen LogP contribution in [0.4, 0.5) is 0 Å². The minimum absolute atomic E-state index is 0.0281. The highest BCUT2D eigenvalue weighted by molar-refractivity contribution is 7.89. The lowest BCUT2D eigenvalue weighted by Crippen LogP contribution is -2.22. The Balaban J connectivity index is 2.27. The van der Waals surface area contributed by atoms with Gasteiger partial charge in [-0.25, -0.2) is 17.5 Å². The van der Waals surface area contributed by atoms with E-state index in [1.54, 1.807) is 31.2 Å². The molecule has 0 aliphatic rings. The second kappa shape index (κ2) is 8.07. The van der Waals surface area contributed by atoms with Gasteiger partial charge in [-0.2, -0.15) is 0 Å². The van der Waals surface area contributed by atoms with Gasteiger partial charge in [-0.15, -0.1) is 0 Å². The van der Waals surface area contributed by atoms with Gasteiger partial charge in [-0.05, 0) is 42.8 Å². The lowest BCUT2D eigenvalue weighted by atomic mass is 10.1. The fourth-order valence-corrected chi connectivity index (χ4v) is 3.40. The molecule has 0 aliphatic heterocycles. The summed E-state index contributed by atoms with van der Waals surface area (Å²) in [4.78, 5) is 12.5. The van der Waals surface area contributed by atoms with Crippen LogP contribution in [0.5, 0.6) is 5.75 Å². The summed E-state index contributed by atoms with van der Waals surface area (Å²) in [6, 6.07) is 9.36. The first-order valence-corrected chi connectivity index (χ1v) is 9.51. The minimum Gasteiger partial charge on any atom is -0.496 e. The van der Waals surface area contributed by atoms with E-state index in [0.29, 0.717) is 21.9 Å². The third-order valence-corrected chi connectivity index (χ3v) is 5.85. The van der Waals surface area contributed by atoms with Gasteiger partial charge in [0, 0.05) is 24.7 Å². The highest BCUT2D eigenvalue weighted by Gasteiger charge is 2.21. The van der Waals surface area contributed by atoms with E-state index in [1.165, 1.54) is 33.3 Å². The Kier molecular flexibility index (Phi) is 6.28. The number of nitrogens with zero attached hydrogens (tertiary/aromatic N) is 1. The molecule has 0 saturated heterocycles. The van der Waals surface area contributed by atoms with E-state index in [2.05, 4.69) is 0 Å². The maximum atomic E-state index is 12.5. The summed E-state index contributed by atoms with van der Waals surface area (Å²) < 4.78 is 36.2. The number of carbonyl (C=O) groups excluding carboxylic acids is 1. The molecule has 0 fully saturated rings. The van der Waals surface area contributed by atoms with Gasteiger partial charge in [0.1, 0.15) is 12.4 Å². The van der Waals surface area contributed by atoms with E-state index in [1.807, 2.05) is 0 Å². The first-order chi connectivity index (χ1) is 12.2. The molecule has 2 rings (SSSR count). The van der Waals surface area contributed by atoms with Crippen molar-refractivity contribution in [1.29, 1.82) is 0 Å². The van der Waals surface area contributed by atoms with Gasteiger partial charge >= 0.3 is 5.97 Å². The minimum atomic E-state index is -3.64. The zero-order chi connectivity index (χ0) is 19.5. The van der Waals surface area contributed by atoms with Gasteiger partial charge in [0.2, 0.25) is 10.0 Å². The number of aryl methyl sites for hydroxylation is 1. The van der Waals surface area contributed by atoms with Crippen molar-refractivity contribution >= 4 is 27.6 Å². The van der Waals surface area contributed by atoms with Crippen LogP contribution in [0.2, 0.25) is 5.02 Å². The van der Waals surface area contributed by atoms with Gasteiger partial charge in [-0.3, -0.25) is 0 Å². The fourth-order valence-electron chi connectivity index (χ4n) is 2.27. The van der Waals surface area contributed by atoms with Crippen molar-refractivity contribution in [3.8, 4) is 5.75 Å². The van der Waals surface area contributed by atoms with Crippen LogP contribution in [-0.2, 0) is 21.4 Å². The molecule has 0 unspecified atom stereocenters. The molecule has 0 heterocycles. The van der Waals surface area contributed by atoms with Gasteiger partial charge in [0.25, 0.3) is 0 Å². The first kappa shape index (κ1) is 20.2. The summed E-state index contributed by atoms with van der Waals surface area (Å²) in [7, 11) is 0.722. The standard InChI is InChI=1S/C18H20ClNO5S/c1-12-5-7-15(26(22,23)20(2)3)10-16(12)18(21)25-11-13-9-14(19)6-8-17(13)24-4/h5-10H,11H2,1-4H3. The maximum Gasteiger partial charge on any atom is 0.338 e. The van der Waals surface area contributed by atoms with Crippen LogP contribution < -0.4 is 4.74 Å². The number of hydrogen-bond donors (Lipinski definition) is 0. The number of benzene rings is 2. The first-order valence-electron chi connectivity index (χ1n) is 7.69. The predicted octanol–water partition coefficient (Wildman–Crippen LogP) is 3.26. The number of esters is 1. The van der Waals surface area contributed by atoms with Gasteiger partial charge < -0.3 is 9.47 Å². The predicted molar refractivity (Wildman–Crippen MR) is 99.2 cm³/mol. The summed E-state index contributed by atoms with van der Waals surface area (Å²) in [6.45, 7) is 1.66. The Morgan fingerprint density at radius 2 is 1.85 bits per heavy atom. The van der Waals surface area contributed by atoms with Crippen LogP contribution in [0.25, 0.3) is 0 Å². The lowest BCUT2D eigenvalue weighted by molar-refractivity contribution is 0.0469. The molecule has 0 saturated carbocycles. The highest BCUT2D eigenvalue weighted by Crippen LogP contribution is 2.24. The van der Waals surface area contributed by atoms with Crippen molar-refractivity contribution in [2.45, 2.75) is 18.4 Å². The van der Waals surface area contributed by atoms with Gasteiger partial charge in [0.05, 0.1) is 17.6 Å². The Morgan fingerprint density at radius 3 is 2.46 bits per heavy atom. The molecule has 0 aromatic heterocycles. The molecular formula is C18H20ClNO5S. The molecule has 0 atom stereocenters. The van der Waals surface area contributed by atoms with Crippen LogP contribution in [-0.4, -0.2) is 39.9 Å². The van der Waals surface area contributed by atoms with Crippen molar-refractivity contribution in [2.75, 3.05) is 21.2 Å². The Morgan fingerprint density at radius 1 is 1.15 bits per heavy atom. The molecule has 140 valence electrons. The van der Waals surface area contributed by atoms with Gasteiger partial charge in [-0.1, -0.05) is 17.7 Å². The summed E-state index contributed by atoms with van der Waals surface area (Å²) in [6.07, 6.45) is 0. The number of hydrogen-bond acceptors (Lipinski definition) is 5. The van der Waals surface area contributed by atoms with E-state index in [-0.39, 0.29) is 17.1 Å². The van der Waals surface area contributed by atoms with Crippen molar-refractivity contribution in [3.63, 3.8) is 0 Å². The second-order valence-corrected chi connectivity index (χ2v) is 8.38. The molecule has 6 nitrogen and oxygen atoms in total. The van der Waals surface area contributed by atoms with E-state index in [0.717, 1.165) is 4.31 Å². The Hall–Kier alpha value is -2.09. The fraction of sp³-hybridized carbons (Fsp3) is 0.278. The quantitative estimate of drug-likeness (QED) is 0.699. The van der Waals surface area contributed by atoms with Crippen molar-refractivity contribution in [3.05, 3.63) is 58.1 Å². The van der Waals surface area contributed by atoms with Crippen molar-refractivity contribution < 1.29 is 22.7 Å². The van der Waals surface area contributed by atoms with E-state index in [4.69, 9.17) is 21.1 Å². The number of halogens is 1. The third-order valence-electron chi connectivity index (χ3n) is 3.81. The van der Waals surface area contributed by atoms with Gasteiger partial charge in [0.15, 0.2) is 0 Å². The SMILES string of the molecule is COc1ccc(Cl)cc1COC(=O)c1cc(S(=O)(=O)N(C)C)ccc1C. The molecule has 0 bridgehead atoms. The highest BCUT2D eigenvalue weighted by atomic mass is 35.5. The van der Waals surface area contributed by atoms with Crippen molar-refractivity contribution in [1.82, 2.24) is 4.31 Å². The molecule has 0 spiro atoms. The zero-order valence-corrected chi connectivity index (χ0v) is 16.5. The molecule has 0 amide bonds. The summed E-state index contributed by atoms with van der Waals surface area (Å²) in [5, 5.41) is 0.493. The third kappa shape index (κ3) is 4.35. The second-order valence-electron chi connectivity index (χ2n) is 5.80. The van der Waals surface area contributed by atoms with Crippen LogP contribution in [0.1, 0.15) is 21.5 Å². The summed E-state index contributed by atoms with van der Waals surface area (Å²) in [5.74, 6) is -0.0804. The topological polar surface area (TPSA) is 72.9 Å². The monoisotopic (exact) mass is 397 g/mol. The zero-order valence-electron chi connectivity index (χ0n) is 14.9. The number of sulfonamides is 1. The average molecular weight is 398 g/mol. The van der Waals surface area contributed by atoms with Crippen LogP contribution >= 0.6 is 11.6 Å². The van der Waals surface area contributed by atoms with E-state index < -0.39 is 16.0 Å². The number of carbonyl (C=O) groups is 1. The smallest absolute Gasteiger partial charge is 0.338 e. The van der Waals surface area contributed by atoms with Crippen LogP contribution in [0.3, 0.4) is 0 Å². The molecule has 0 radical (unpaired) electrons. The summed E-state index contributed by atoms with van der Waals surface area (Å²) >= 11 is 5.96. The Labute approximate surface area is 158 Å². The number of rotatable bonds is 6. The van der Waals surface area contributed by atoms with Crippen molar-refractivity contribution in [2.24, 2.45) is 0 Å². The maximum absolute atomic E-state index is 12.5. The normalized spacial score (nSPS) is 11.5. The molecular weight excluding hydrogens is 378 g/mol. The number of methoxy groups -OCH3 is 1. The summed E-state index contributed by atoms with van der Waals surface area (Å²) in [5.41, 5.74) is 1.42. The average Bonchev–Trinajstić information content (AvgIpc) is 2.59.